The highest BCUT2D eigenvalue weighted by Gasteiger charge is 2.23. The summed E-state index contributed by atoms with van der Waals surface area (Å²) in [5, 5.41) is 3.94. The number of hydrogen-bond acceptors (Lipinski definition) is 6. The van der Waals surface area contributed by atoms with Crippen molar-refractivity contribution < 1.29 is 9.32 Å². The van der Waals surface area contributed by atoms with Gasteiger partial charge >= 0.3 is 0 Å². The number of rotatable bonds is 4. The molecule has 0 bridgehead atoms. The third-order valence-corrected chi connectivity index (χ3v) is 3.25. The maximum Gasteiger partial charge on any atom is 0.239 e. The summed E-state index contributed by atoms with van der Waals surface area (Å²) in [5.74, 6) is 1.40. The number of piperazine rings is 1. The fourth-order valence-corrected chi connectivity index (χ4v) is 2.11. The molecule has 1 atom stereocenters. The van der Waals surface area contributed by atoms with Crippen LogP contribution in [0.3, 0.4) is 0 Å². The van der Waals surface area contributed by atoms with Crippen LogP contribution in [0, 0.1) is 0 Å². The Kier molecular flexibility index (Phi) is 8.80. The molecule has 0 spiro atoms. The molecule has 0 unspecified atom stereocenters. The van der Waals surface area contributed by atoms with Gasteiger partial charge in [-0.05, 0) is 6.92 Å². The Morgan fingerprint density at radius 1 is 1.33 bits per heavy atom. The topological polar surface area (TPSA) is 88.5 Å². The standard InChI is InChI=1S/C12H21N5O2.2ClH/c1-3-11-14-10(15-19-11)8-16-4-6-17(7-5-16)12(18)9(2)13;;/h9H,3-8,13H2,1-2H3;2*1H/t9-;;/m1../s1. The molecular formula is C12H23Cl2N5O2. The van der Waals surface area contributed by atoms with E-state index in [-0.39, 0.29) is 30.7 Å². The average Bonchev–Trinajstić information content (AvgIpc) is 2.86. The van der Waals surface area contributed by atoms with Gasteiger partial charge in [0, 0.05) is 32.6 Å². The molecule has 0 aliphatic carbocycles. The van der Waals surface area contributed by atoms with Gasteiger partial charge in [0.25, 0.3) is 0 Å². The fraction of sp³-hybridized carbons (Fsp3) is 0.750. The Hall–Kier alpha value is -0.890. The lowest BCUT2D eigenvalue weighted by Crippen LogP contribution is -2.52. The van der Waals surface area contributed by atoms with Crippen LogP contribution in [-0.2, 0) is 17.8 Å². The Morgan fingerprint density at radius 3 is 2.43 bits per heavy atom. The maximum absolute atomic E-state index is 11.7. The number of hydrogen-bond donors (Lipinski definition) is 1. The molecule has 1 aromatic rings. The van der Waals surface area contributed by atoms with Crippen LogP contribution >= 0.6 is 24.8 Å². The van der Waals surface area contributed by atoms with Gasteiger partial charge in [0.2, 0.25) is 11.8 Å². The second-order valence-electron chi connectivity index (χ2n) is 4.85. The fourth-order valence-electron chi connectivity index (χ4n) is 2.11. The van der Waals surface area contributed by atoms with Crippen LogP contribution in [-0.4, -0.2) is 58.1 Å². The van der Waals surface area contributed by atoms with E-state index in [1.165, 1.54) is 0 Å². The lowest BCUT2D eigenvalue weighted by molar-refractivity contribution is -0.134. The zero-order valence-electron chi connectivity index (χ0n) is 12.3. The van der Waals surface area contributed by atoms with Gasteiger partial charge in [-0.3, -0.25) is 9.69 Å². The van der Waals surface area contributed by atoms with Crippen LogP contribution in [0.1, 0.15) is 25.6 Å². The number of carbonyl (C=O) groups is 1. The highest BCUT2D eigenvalue weighted by Crippen LogP contribution is 2.07. The van der Waals surface area contributed by atoms with E-state index in [4.69, 9.17) is 10.3 Å². The average molecular weight is 340 g/mol. The highest BCUT2D eigenvalue weighted by atomic mass is 35.5. The number of nitrogens with zero attached hydrogens (tertiary/aromatic N) is 4. The van der Waals surface area contributed by atoms with Gasteiger partial charge in [0.05, 0.1) is 12.6 Å². The minimum atomic E-state index is -0.420. The Balaban J connectivity index is 0.00000200. The van der Waals surface area contributed by atoms with Gasteiger partial charge < -0.3 is 15.2 Å². The van der Waals surface area contributed by atoms with E-state index in [1.807, 2.05) is 11.8 Å². The van der Waals surface area contributed by atoms with E-state index < -0.39 is 6.04 Å². The van der Waals surface area contributed by atoms with Crippen molar-refractivity contribution in [1.82, 2.24) is 19.9 Å². The molecule has 1 saturated heterocycles. The van der Waals surface area contributed by atoms with Crippen molar-refractivity contribution in [2.24, 2.45) is 5.73 Å². The predicted molar refractivity (Wildman–Crippen MR) is 83.7 cm³/mol. The molecule has 1 aliphatic heterocycles. The molecule has 9 heteroatoms. The van der Waals surface area contributed by atoms with E-state index in [1.54, 1.807) is 6.92 Å². The molecule has 7 nitrogen and oxygen atoms in total. The van der Waals surface area contributed by atoms with Crippen molar-refractivity contribution in [3.8, 4) is 0 Å². The first-order valence-electron chi connectivity index (χ1n) is 6.68. The molecule has 0 radical (unpaired) electrons. The summed E-state index contributed by atoms with van der Waals surface area (Å²) in [6.45, 7) is 7.42. The van der Waals surface area contributed by atoms with Gasteiger partial charge in [-0.25, -0.2) is 0 Å². The molecule has 1 aliphatic rings. The molecule has 2 rings (SSSR count). The quantitative estimate of drug-likeness (QED) is 0.857. The highest BCUT2D eigenvalue weighted by molar-refractivity contribution is 5.85. The van der Waals surface area contributed by atoms with E-state index in [0.717, 1.165) is 19.5 Å². The van der Waals surface area contributed by atoms with Gasteiger partial charge in [-0.2, -0.15) is 4.98 Å². The summed E-state index contributed by atoms with van der Waals surface area (Å²) < 4.78 is 5.08. The number of halogens is 2. The Morgan fingerprint density at radius 2 is 1.95 bits per heavy atom. The normalized spacial score (nSPS) is 16.8. The summed E-state index contributed by atoms with van der Waals surface area (Å²) >= 11 is 0. The van der Waals surface area contributed by atoms with Crippen molar-refractivity contribution >= 4 is 30.7 Å². The number of carbonyl (C=O) groups excluding carboxylic acids is 1. The lowest BCUT2D eigenvalue weighted by atomic mass is 10.2. The van der Waals surface area contributed by atoms with E-state index in [2.05, 4.69) is 15.0 Å². The summed E-state index contributed by atoms with van der Waals surface area (Å²) in [4.78, 5) is 20.1. The smallest absolute Gasteiger partial charge is 0.239 e. The number of nitrogens with two attached hydrogens (primary N) is 1. The van der Waals surface area contributed by atoms with Gasteiger partial charge in [0.1, 0.15) is 0 Å². The predicted octanol–water partition coefficient (Wildman–Crippen LogP) is 0.467. The van der Waals surface area contributed by atoms with Crippen molar-refractivity contribution in [3.05, 3.63) is 11.7 Å². The minimum Gasteiger partial charge on any atom is -0.339 e. The summed E-state index contributed by atoms with van der Waals surface area (Å²) in [5.41, 5.74) is 5.61. The van der Waals surface area contributed by atoms with Gasteiger partial charge in [-0.15, -0.1) is 24.8 Å². The van der Waals surface area contributed by atoms with Crippen molar-refractivity contribution in [3.63, 3.8) is 0 Å². The van der Waals surface area contributed by atoms with Crippen molar-refractivity contribution in [2.45, 2.75) is 32.9 Å². The molecule has 1 aromatic heterocycles. The minimum absolute atomic E-state index is 0. The number of aryl methyl sites for hydroxylation is 1. The van der Waals surface area contributed by atoms with Crippen LogP contribution in [0.4, 0.5) is 0 Å². The molecule has 122 valence electrons. The summed E-state index contributed by atoms with van der Waals surface area (Å²) in [6, 6.07) is -0.420. The second-order valence-corrected chi connectivity index (χ2v) is 4.85. The van der Waals surface area contributed by atoms with Crippen LogP contribution < -0.4 is 5.73 Å². The summed E-state index contributed by atoms with van der Waals surface area (Å²) in [6.07, 6.45) is 0.754. The van der Waals surface area contributed by atoms with E-state index >= 15 is 0 Å². The molecular weight excluding hydrogens is 317 g/mol. The zero-order valence-corrected chi connectivity index (χ0v) is 14.0. The molecule has 0 aromatic carbocycles. The maximum atomic E-state index is 11.7. The van der Waals surface area contributed by atoms with Crippen molar-refractivity contribution in [2.75, 3.05) is 26.2 Å². The second kappa shape index (κ2) is 9.19. The molecule has 2 N–H and O–H groups in total. The first kappa shape index (κ1) is 20.1. The molecule has 0 saturated carbocycles. The number of amides is 1. The Bertz CT molecular complexity index is 433. The van der Waals surface area contributed by atoms with Crippen LogP contribution in [0.5, 0.6) is 0 Å². The first-order valence-corrected chi connectivity index (χ1v) is 6.68. The van der Waals surface area contributed by atoms with Crippen LogP contribution in [0.15, 0.2) is 4.52 Å². The summed E-state index contributed by atoms with van der Waals surface area (Å²) in [7, 11) is 0. The third-order valence-electron chi connectivity index (χ3n) is 3.25. The molecule has 21 heavy (non-hydrogen) atoms. The first-order chi connectivity index (χ1) is 9.10. The SMILES string of the molecule is CCc1nc(CN2CCN(C(=O)[C@@H](C)N)CC2)no1.Cl.Cl. The van der Waals surface area contributed by atoms with Crippen LogP contribution in [0.2, 0.25) is 0 Å². The molecule has 1 amide bonds. The monoisotopic (exact) mass is 339 g/mol. The largest absolute Gasteiger partial charge is 0.339 e. The van der Waals surface area contributed by atoms with E-state index in [9.17, 15) is 4.79 Å². The van der Waals surface area contributed by atoms with Gasteiger partial charge in [-0.1, -0.05) is 12.1 Å². The van der Waals surface area contributed by atoms with Gasteiger partial charge in [0.15, 0.2) is 5.82 Å². The lowest BCUT2D eigenvalue weighted by Gasteiger charge is -2.34. The van der Waals surface area contributed by atoms with Crippen molar-refractivity contribution in [1.29, 1.82) is 0 Å². The number of aromatic nitrogens is 2. The van der Waals surface area contributed by atoms with E-state index in [0.29, 0.717) is 31.3 Å². The third kappa shape index (κ3) is 5.43. The van der Waals surface area contributed by atoms with Crippen LogP contribution in [0.25, 0.3) is 0 Å². The zero-order chi connectivity index (χ0) is 13.8. The molecule has 2 heterocycles. The molecule has 1 fully saturated rings. The Labute approximate surface area is 137 Å².